The number of hydrogen-bond acceptors (Lipinski definition) is 0. The fourth-order valence-electron chi connectivity index (χ4n) is 1.00. The van der Waals surface area contributed by atoms with Gasteiger partial charge in [0, 0.05) is 4.47 Å². The van der Waals surface area contributed by atoms with E-state index >= 15 is 0 Å². The Morgan fingerprint density at radius 3 is 2.23 bits per heavy atom. The van der Waals surface area contributed by atoms with Crippen molar-refractivity contribution in [2.24, 2.45) is 0 Å². The first-order valence-electron chi connectivity index (χ1n) is 3.74. The third kappa shape index (κ3) is 2.46. The van der Waals surface area contributed by atoms with Crippen LogP contribution in [0.25, 0.3) is 0 Å². The van der Waals surface area contributed by atoms with Crippen molar-refractivity contribution in [2.45, 2.75) is 19.0 Å². The molecule has 0 saturated carbocycles. The number of halogens is 4. The lowest BCUT2D eigenvalue weighted by molar-refractivity contribution is -0.146. The lowest BCUT2D eigenvalue weighted by Crippen LogP contribution is -2.17. The van der Waals surface area contributed by atoms with Gasteiger partial charge in [0.2, 0.25) is 0 Å². The van der Waals surface area contributed by atoms with Crippen LogP contribution in [-0.2, 0) is 0 Å². The average Bonchev–Trinajstić information content (AvgIpc) is 2.02. The molecule has 0 amide bonds. The molecule has 0 nitrogen and oxygen atoms in total. The third-order valence-corrected chi connectivity index (χ3v) is 2.58. The van der Waals surface area contributed by atoms with Gasteiger partial charge in [0.05, 0.1) is 5.92 Å². The molecule has 0 aliphatic rings. The molecule has 0 N–H and O–H groups in total. The Bertz CT molecular complexity index is 293. The molecule has 72 valence electrons. The summed E-state index contributed by atoms with van der Waals surface area (Å²) >= 11 is 3.09. The zero-order chi connectivity index (χ0) is 10.1. The second-order valence-electron chi connectivity index (χ2n) is 2.78. The van der Waals surface area contributed by atoms with Crippen LogP contribution in [0.1, 0.15) is 18.4 Å². The van der Waals surface area contributed by atoms with Crippen LogP contribution < -0.4 is 0 Å². The number of hydrogen-bond donors (Lipinski definition) is 0. The van der Waals surface area contributed by atoms with Crippen molar-refractivity contribution in [1.82, 2.24) is 0 Å². The summed E-state index contributed by atoms with van der Waals surface area (Å²) in [5.41, 5.74) is 0.273. The highest BCUT2D eigenvalue weighted by Gasteiger charge is 2.37. The van der Waals surface area contributed by atoms with Crippen LogP contribution in [0.2, 0.25) is 0 Å². The molecule has 1 atom stereocenters. The van der Waals surface area contributed by atoms with Crippen molar-refractivity contribution in [2.75, 3.05) is 0 Å². The van der Waals surface area contributed by atoms with Crippen LogP contribution in [0.3, 0.4) is 0 Å². The maximum atomic E-state index is 12.3. The van der Waals surface area contributed by atoms with Gasteiger partial charge < -0.3 is 0 Å². The molecule has 4 heteroatoms. The van der Waals surface area contributed by atoms with E-state index in [2.05, 4.69) is 15.9 Å². The standard InChI is InChI=1S/C9H8BrF3/c1-6(9(11,12)13)7-4-2-3-5-8(7)10/h2-6H,1H3. The first-order chi connectivity index (χ1) is 5.93. The maximum absolute atomic E-state index is 12.3. The predicted molar refractivity (Wildman–Crippen MR) is 48.6 cm³/mol. The molecule has 1 aromatic carbocycles. The Hall–Kier alpha value is -0.510. The molecule has 0 radical (unpaired) electrons. The van der Waals surface area contributed by atoms with E-state index in [-0.39, 0.29) is 5.56 Å². The van der Waals surface area contributed by atoms with Crippen LogP contribution in [0.5, 0.6) is 0 Å². The Morgan fingerprint density at radius 1 is 1.23 bits per heavy atom. The second-order valence-corrected chi connectivity index (χ2v) is 3.64. The largest absolute Gasteiger partial charge is 0.395 e. The van der Waals surface area contributed by atoms with Crippen LogP contribution in [-0.4, -0.2) is 6.18 Å². The molecule has 1 rings (SSSR count). The van der Waals surface area contributed by atoms with Gasteiger partial charge in [0.25, 0.3) is 0 Å². The molecule has 0 aliphatic heterocycles. The Balaban J connectivity index is 3.02. The minimum Gasteiger partial charge on any atom is -0.170 e. The summed E-state index contributed by atoms with van der Waals surface area (Å²) in [5, 5.41) is 0. The van der Waals surface area contributed by atoms with E-state index in [0.29, 0.717) is 4.47 Å². The molecule has 0 spiro atoms. The summed E-state index contributed by atoms with van der Waals surface area (Å²) in [6.45, 7) is 1.15. The first-order valence-corrected chi connectivity index (χ1v) is 4.53. The molecular weight excluding hydrogens is 245 g/mol. The normalized spacial score (nSPS) is 14.2. The zero-order valence-corrected chi connectivity index (χ0v) is 8.48. The SMILES string of the molecule is CC(c1ccccc1Br)C(F)(F)F. The quantitative estimate of drug-likeness (QED) is 0.706. The van der Waals surface area contributed by atoms with Crippen molar-refractivity contribution < 1.29 is 13.2 Å². The lowest BCUT2D eigenvalue weighted by atomic mass is 10.0. The number of rotatable bonds is 1. The Labute approximate surface area is 82.9 Å². The Morgan fingerprint density at radius 2 is 1.77 bits per heavy atom. The van der Waals surface area contributed by atoms with E-state index in [1.165, 1.54) is 6.07 Å². The summed E-state index contributed by atoms with van der Waals surface area (Å²) in [6.07, 6.45) is -4.18. The highest BCUT2D eigenvalue weighted by atomic mass is 79.9. The molecule has 0 aromatic heterocycles. The smallest absolute Gasteiger partial charge is 0.170 e. The van der Waals surface area contributed by atoms with Gasteiger partial charge in [-0.25, -0.2) is 0 Å². The van der Waals surface area contributed by atoms with Crippen molar-refractivity contribution >= 4 is 15.9 Å². The minimum absolute atomic E-state index is 0.273. The highest BCUT2D eigenvalue weighted by Crippen LogP contribution is 2.37. The molecule has 0 aliphatic carbocycles. The van der Waals surface area contributed by atoms with Gasteiger partial charge in [0.1, 0.15) is 0 Å². The van der Waals surface area contributed by atoms with Crippen LogP contribution in [0.15, 0.2) is 28.7 Å². The van der Waals surface area contributed by atoms with Crippen molar-refractivity contribution in [3.63, 3.8) is 0 Å². The van der Waals surface area contributed by atoms with Gasteiger partial charge in [-0.3, -0.25) is 0 Å². The monoisotopic (exact) mass is 252 g/mol. The Kier molecular flexibility index (Phi) is 3.01. The van der Waals surface area contributed by atoms with Gasteiger partial charge in [-0.1, -0.05) is 34.1 Å². The molecule has 1 unspecified atom stereocenters. The van der Waals surface area contributed by atoms with Crippen LogP contribution >= 0.6 is 15.9 Å². The zero-order valence-electron chi connectivity index (χ0n) is 6.90. The molecule has 0 fully saturated rings. The van der Waals surface area contributed by atoms with Gasteiger partial charge in [-0.2, -0.15) is 13.2 Å². The van der Waals surface area contributed by atoms with Crippen molar-refractivity contribution in [3.05, 3.63) is 34.3 Å². The summed E-state index contributed by atoms with van der Waals surface area (Å²) in [4.78, 5) is 0. The van der Waals surface area contributed by atoms with E-state index in [1.54, 1.807) is 18.2 Å². The van der Waals surface area contributed by atoms with Gasteiger partial charge >= 0.3 is 6.18 Å². The van der Waals surface area contributed by atoms with Gasteiger partial charge in [-0.15, -0.1) is 0 Å². The van der Waals surface area contributed by atoms with E-state index < -0.39 is 12.1 Å². The summed E-state index contributed by atoms with van der Waals surface area (Å²) in [7, 11) is 0. The molecular formula is C9H8BrF3. The number of benzene rings is 1. The third-order valence-electron chi connectivity index (χ3n) is 1.86. The maximum Gasteiger partial charge on any atom is 0.395 e. The molecule has 13 heavy (non-hydrogen) atoms. The van der Waals surface area contributed by atoms with Gasteiger partial charge in [-0.05, 0) is 18.6 Å². The van der Waals surface area contributed by atoms with E-state index in [9.17, 15) is 13.2 Å². The van der Waals surface area contributed by atoms with E-state index in [1.807, 2.05) is 0 Å². The second kappa shape index (κ2) is 3.70. The molecule has 0 heterocycles. The predicted octanol–water partition coefficient (Wildman–Crippen LogP) is 4.11. The van der Waals surface area contributed by atoms with E-state index in [0.717, 1.165) is 6.92 Å². The van der Waals surface area contributed by atoms with E-state index in [4.69, 9.17) is 0 Å². The summed E-state index contributed by atoms with van der Waals surface area (Å²) < 4.78 is 37.4. The summed E-state index contributed by atoms with van der Waals surface area (Å²) in [6, 6.07) is 6.37. The topological polar surface area (TPSA) is 0 Å². The summed E-state index contributed by atoms with van der Waals surface area (Å²) in [5.74, 6) is -1.43. The van der Waals surface area contributed by atoms with Crippen molar-refractivity contribution in [1.29, 1.82) is 0 Å². The molecule has 1 aromatic rings. The van der Waals surface area contributed by atoms with Gasteiger partial charge in [0.15, 0.2) is 0 Å². The molecule has 0 saturated heterocycles. The van der Waals surface area contributed by atoms with Crippen molar-refractivity contribution in [3.8, 4) is 0 Å². The average molecular weight is 253 g/mol. The number of alkyl halides is 3. The fourth-order valence-corrected chi connectivity index (χ4v) is 1.63. The van der Waals surface area contributed by atoms with Crippen LogP contribution in [0, 0.1) is 0 Å². The molecule has 0 bridgehead atoms. The lowest BCUT2D eigenvalue weighted by Gasteiger charge is -2.16. The van der Waals surface area contributed by atoms with Crippen LogP contribution in [0.4, 0.5) is 13.2 Å². The highest BCUT2D eigenvalue weighted by molar-refractivity contribution is 9.10. The first kappa shape index (κ1) is 10.6. The fraction of sp³-hybridized carbons (Fsp3) is 0.333. The minimum atomic E-state index is -4.18.